The summed E-state index contributed by atoms with van der Waals surface area (Å²) in [5.74, 6) is -0.0295. The van der Waals surface area contributed by atoms with Crippen LogP contribution in [0.15, 0.2) is 12.1 Å². The van der Waals surface area contributed by atoms with Crippen LogP contribution in [-0.2, 0) is 16.0 Å². The molecule has 0 unspecified atom stereocenters. The second-order valence-corrected chi connectivity index (χ2v) is 6.18. The second-order valence-electron chi connectivity index (χ2n) is 6.18. The molecule has 2 amide bonds. The molecule has 120 valence electrons. The molecule has 0 saturated heterocycles. The van der Waals surface area contributed by atoms with Crippen molar-refractivity contribution in [3.05, 3.63) is 17.7 Å². The second kappa shape index (κ2) is 6.13. The number of anilines is 3. The molecule has 1 aliphatic heterocycles. The average Bonchev–Trinajstić information content (AvgIpc) is 2.71. The van der Waals surface area contributed by atoms with Crippen LogP contribution in [0.25, 0.3) is 0 Å². The van der Waals surface area contributed by atoms with Crippen molar-refractivity contribution in [1.82, 2.24) is 5.32 Å². The summed E-state index contributed by atoms with van der Waals surface area (Å²) in [4.78, 5) is 22.8. The van der Waals surface area contributed by atoms with Gasteiger partial charge in [-0.3, -0.25) is 4.79 Å². The lowest BCUT2D eigenvalue weighted by Crippen LogP contribution is -2.35. The summed E-state index contributed by atoms with van der Waals surface area (Å²) in [7, 11) is 0. The molecular formula is C15H22N4O3. The molecule has 1 heterocycles. The average molecular weight is 306 g/mol. The normalized spacial score (nSPS) is 13.3. The van der Waals surface area contributed by atoms with E-state index in [1.54, 1.807) is 6.07 Å². The Bertz CT molecular complexity index is 593. The van der Waals surface area contributed by atoms with E-state index >= 15 is 0 Å². The molecule has 7 nitrogen and oxygen atoms in total. The van der Waals surface area contributed by atoms with Gasteiger partial charge in [-0.15, -0.1) is 0 Å². The molecular weight excluding hydrogens is 284 g/mol. The van der Waals surface area contributed by atoms with Crippen molar-refractivity contribution in [2.45, 2.75) is 32.8 Å². The van der Waals surface area contributed by atoms with Gasteiger partial charge in [0.2, 0.25) is 5.91 Å². The van der Waals surface area contributed by atoms with Gasteiger partial charge < -0.3 is 26.4 Å². The quantitative estimate of drug-likeness (QED) is 0.500. The molecule has 0 aliphatic carbocycles. The smallest absolute Gasteiger partial charge is 0.407 e. The molecule has 0 saturated carbocycles. The number of carbonyl (C=O) groups is 2. The zero-order chi connectivity index (χ0) is 16.3. The number of benzene rings is 1. The maximum atomic E-state index is 11.5. The van der Waals surface area contributed by atoms with E-state index in [0.717, 1.165) is 16.9 Å². The number of ether oxygens (including phenoxy) is 1. The zero-order valence-corrected chi connectivity index (χ0v) is 13.1. The Morgan fingerprint density at radius 3 is 2.77 bits per heavy atom. The summed E-state index contributed by atoms with van der Waals surface area (Å²) in [6.07, 6.45) is -0.0940. The molecule has 0 fully saturated rings. The van der Waals surface area contributed by atoms with Crippen molar-refractivity contribution >= 4 is 29.1 Å². The Labute approximate surface area is 129 Å². The van der Waals surface area contributed by atoms with Gasteiger partial charge in [0.15, 0.2) is 0 Å². The van der Waals surface area contributed by atoms with Crippen LogP contribution in [0.2, 0.25) is 0 Å². The SMILES string of the molecule is CC(C)(C)OC(=O)NCCNc1cc2c(cc1N)CC(=O)N2. The number of nitrogen functional groups attached to an aromatic ring is 1. The first kappa shape index (κ1) is 15.9. The summed E-state index contributed by atoms with van der Waals surface area (Å²) in [6.45, 7) is 6.33. The van der Waals surface area contributed by atoms with Crippen LogP contribution in [0, 0.1) is 0 Å². The standard InChI is InChI=1S/C15H22N4O3/c1-15(2,3)22-14(21)18-5-4-17-12-8-11-9(6-10(12)16)7-13(20)19-11/h6,8,17H,4-5,7,16H2,1-3H3,(H,18,21)(H,19,20). The summed E-state index contributed by atoms with van der Waals surface area (Å²) in [6, 6.07) is 3.60. The molecule has 1 aromatic rings. The Balaban J connectivity index is 1.82. The van der Waals surface area contributed by atoms with Crippen molar-refractivity contribution < 1.29 is 14.3 Å². The highest BCUT2D eigenvalue weighted by Crippen LogP contribution is 2.31. The first-order valence-electron chi connectivity index (χ1n) is 7.17. The number of amides is 2. The maximum absolute atomic E-state index is 11.5. The highest BCUT2D eigenvalue weighted by Gasteiger charge is 2.19. The number of fused-ring (bicyclic) bond motifs is 1. The molecule has 2 rings (SSSR count). The minimum atomic E-state index is -0.514. The lowest BCUT2D eigenvalue weighted by Gasteiger charge is -2.19. The van der Waals surface area contributed by atoms with Crippen LogP contribution in [0.1, 0.15) is 26.3 Å². The minimum Gasteiger partial charge on any atom is -0.444 e. The Hall–Kier alpha value is -2.44. The van der Waals surface area contributed by atoms with Crippen LogP contribution in [0.3, 0.4) is 0 Å². The predicted molar refractivity (Wildman–Crippen MR) is 85.9 cm³/mol. The number of carbonyl (C=O) groups excluding carboxylic acids is 2. The number of hydrogen-bond donors (Lipinski definition) is 4. The van der Waals surface area contributed by atoms with Gasteiger partial charge in [0.05, 0.1) is 17.8 Å². The molecule has 7 heteroatoms. The fraction of sp³-hybridized carbons (Fsp3) is 0.467. The molecule has 1 aliphatic rings. The molecule has 5 N–H and O–H groups in total. The maximum Gasteiger partial charge on any atom is 0.407 e. The molecule has 0 spiro atoms. The van der Waals surface area contributed by atoms with E-state index in [1.165, 1.54) is 0 Å². The number of hydrogen-bond acceptors (Lipinski definition) is 5. The van der Waals surface area contributed by atoms with Crippen LogP contribution in [-0.4, -0.2) is 30.7 Å². The molecule has 22 heavy (non-hydrogen) atoms. The first-order chi connectivity index (χ1) is 10.2. The van der Waals surface area contributed by atoms with Crippen LogP contribution < -0.4 is 21.7 Å². The number of alkyl carbamates (subject to hydrolysis) is 1. The van der Waals surface area contributed by atoms with Gasteiger partial charge in [0, 0.05) is 18.8 Å². The Kier molecular flexibility index (Phi) is 4.44. The van der Waals surface area contributed by atoms with E-state index < -0.39 is 11.7 Å². The lowest BCUT2D eigenvalue weighted by molar-refractivity contribution is -0.115. The van der Waals surface area contributed by atoms with E-state index in [0.29, 0.717) is 25.2 Å². The third-order valence-electron chi connectivity index (χ3n) is 3.01. The van der Waals surface area contributed by atoms with E-state index in [2.05, 4.69) is 16.0 Å². The molecule has 0 bridgehead atoms. The minimum absolute atomic E-state index is 0.0295. The number of nitrogens with two attached hydrogens (primary N) is 1. The van der Waals surface area contributed by atoms with Gasteiger partial charge in [0.25, 0.3) is 0 Å². The van der Waals surface area contributed by atoms with E-state index in [1.807, 2.05) is 26.8 Å². The summed E-state index contributed by atoms with van der Waals surface area (Å²) in [5.41, 5.74) is 8.42. The van der Waals surface area contributed by atoms with Crippen LogP contribution in [0.5, 0.6) is 0 Å². The van der Waals surface area contributed by atoms with E-state index in [9.17, 15) is 9.59 Å². The van der Waals surface area contributed by atoms with Gasteiger partial charge in [-0.1, -0.05) is 0 Å². The van der Waals surface area contributed by atoms with Crippen molar-refractivity contribution in [3.8, 4) is 0 Å². The summed E-state index contributed by atoms with van der Waals surface area (Å²) < 4.78 is 5.14. The third-order valence-corrected chi connectivity index (χ3v) is 3.01. The van der Waals surface area contributed by atoms with Gasteiger partial charge in [0.1, 0.15) is 5.60 Å². The largest absolute Gasteiger partial charge is 0.444 e. The fourth-order valence-corrected chi connectivity index (χ4v) is 2.12. The molecule has 0 atom stereocenters. The van der Waals surface area contributed by atoms with E-state index in [-0.39, 0.29) is 5.91 Å². The first-order valence-corrected chi connectivity index (χ1v) is 7.17. The van der Waals surface area contributed by atoms with Gasteiger partial charge >= 0.3 is 6.09 Å². The van der Waals surface area contributed by atoms with Gasteiger partial charge in [-0.2, -0.15) is 0 Å². The third kappa shape index (κ3) is 4.28. The van der Waals surface area contributed by atoms with Crippen molar-refractivity contribution in [3.63, 3.8) is 0 Å². The lowest BCUT2D eigenvalue weighted by atomic mass is 10.1. The fourth-order valence-electron chi connectivity index (χ4n) is 2.12. The monoisotopic (exact) mass is 306 g/mol. The van der Waals surface area contributed by atoms with Crippen molar-refractivity contribution in [2.24, 2.45) is 0 Å². The van der Waals surface area contributed by atoms with Gasteiger partial charge in [-0.25, -0.2) is 4.79 Å². The Morgan fingerprint density at radius 2 is 2.09 bits per heavy atom. The molecule has 0 aromatic heterocycles. The summed E-state index contributed by atoms with van der Waals surface area (Å²) >= 11 is 0. The van der Waals surface area contributed by atoms with Crippen molar-refractivity contribution in [1.29, 1.82) is 0 Å². The van der Waals surface area contributed by atoms with Crippen LogP contribution >= 0.6 is 0 Å². The highest BCUT2D eigenvalue weighted by atomic mass is 16.6. The topological polar surface area (TPSA) is 105 Å². The number of nitrogens with one attached hydrogen (secondary N) is 3. The molecule has 1 aromatic carbocycles. The predicted octanol–water partition coefficient (Wildman–Crippen LogP) is 1.70. The van der Waals surface area contributed by atoms with Gasteiger partial charge in [-0.05, 0) is 38.5 Å². The molecule has 0 radical (unpaired) electrons. The van der Waals surface area contributed by atoms with E-state index in [4.69, 9.17) is 10.5 Å². The van der Waals surface area contributed by atoms with Crippen LogP contribution in [0.4, 0.5) is 21.9 Å². The number of rotatable bonds is 4. The van der Waals surface area contributed by atoms with Crippen molar-refractivity contribution in [2.75, 3.05) is 29.5 Å². The zero-order valence-electron chi connectivity index (χ0n) is 13.1. The Morgan fingerprint density at radius 1 is 1.36 bits per heavy atom. The summed E-state index contributed by atoms with van der Waals surface area (Å²) in [5, 5.41) is 8.56. The highest BCUT2D eigenvalue weighted by molar-refractivity contribution is 6.00.